The van der Waals surface area contributed by atoms with Crippen LogP contribution in [0, 0.1) is 0 Å². The van der Waals surface area contributed by atoms with E-state index < -0.39 is 0 Å². The first-order valence-electron chi connectivity index (χ1n) is 5.11. The van der Waals surface area contributed by atoms with E-state index in [0.717, 1.165) is 28.5 Å². The van der Waals surface area contributed by atoms with E-state index in [0.29, 0.717) is 0 Å². The van der Waals surface area contributed by atoms with Gasteiger partial charge in [0.2, 0.25) is 0 Å². The van der Waals surface area contributed by atoms with Crippen LogP contribution in [0.25, 0.3) is 11.2 Å². The standard InChI is InChI=1S/C11H12BrN3/c1-11(2)4-3-9-14-10-8(15(9)11)5-7(12)6-13-10/h5-6H,3-4H2,1-2H3. The van der Waals surface area contributed by atoms with Crippen molar-refractivity contribution < 1.29 is 0 Å². The maximum Gasteiger partial charge on any atom is 0.177 e. The molecule has 1 aliphatic heterocycles. The van der Waals surface area contributed by atoms with Crippen molar-refractivity contribution >= 4 is 27.1 Å². The van der Waals surface area contributed by atoms with Gasteiger partial charge in [-0.3, -0.25) is 0 Å². The largest absolute Gasteiger partial charge is 0.321 e. The normalized spacial score (nSPS) is 18.3. The minimum absolute atomic E-state index is 0.173. The maximum atomic E-state index is 4.56. The first kappa shape index (κ1) is 9.33. The van der Waals surface area contributed by atoms with Gasteiger partial charge in [0.25, 0.3) is 0 Å². The van der Waals surface area contributed by atoms with Gasteiger partial charge in [-0.15, -0.1) is 0 Å². The molecule has 0 aliphatic carbocycles. The highest BCUT2D eigenvalue weighted by Gasteiger charge is 2.32. The van der Waals surface area contributed by atoms with Gasteiger partial charge in [-0.1, -0.05) is 0 Å². The number of rotatable bonds is 0. The fourth-order valence-corrected chi connectivity index (χ4v) is 2.68. The molecule has 0 aromatic carbocycles. The van der Waals surface area contributed by atoms with Crippen molar-refractivity contribution in [2.75, 3.05) is 0 Å². The van der Waals surface area contributed by atoms with Gasteiger partial charge in [0.1, 0.15) is 5.82 Å². The van der Waals surface area contributed by atoms with Gasteiger partial charge in [0.05, 0.1) is 5.52 Å². The Bertz CT molecular complexity index is 542. The van der Waals surface area contributed by atoms with Crippen molar-refractivity contribution in [3.05, 3.63) is 22.6 Å². The Hall–Kier alpha value is -0.900. The quantitative estimate of drug-likeness (QED) is 0.734. The Kier molecular flexibility index (Phi) is 1.75. The van der Waals surface area contributed by atoms with Gasteiger partial charge in [0, 0.05) is 22.6 Å². The average Bonchev–Trinajstić information content (AvgIpc) is 2.65. The Morgan fingerprint density at radius 1 is 1.47 bits per heavy atom. The van der Waals surface area contributed by atoms with Crippen molar-refractivity contribution in [1.82, 2.24) is 14.5 Å². The maximum absolute atomic E-state index is 4.56. The minimum Gasteiger partial charge on any atom is -0.321 e. The third-order valence-corrected chi connectivity index (χ3v) is 3.55. The summed E-state index contributed by atoms with van der Waals surface area (Å²) < 4.78 is 3.33. The Morgan fingerprint density at radius 2 is 2.27 bits per heavy atom. The van der Waals surface area contributed by atoms with E-state index in [1.165, 1.54) is 5.82 Å². The summed E-state index contributed by atoms with van der Waals surface area (Å²) in [5.74, 6) is 1.17. The SMILES string of the molecule is CC1(C)CCc2nc3ncc(Br)cc3n21. The first-order chi connectivity index (χ1) is 7.08. The van der Waals surface area contributed by atoms with Crippen molar-refractivity contribution in [3.63, 3.8) is 0 Å². The molecule has 1 aliphatic rings. The number of aromatic nitrogens is 3. The molecule has 0 saturated carbocycles. The molecule has 0 fully saturated rings. The summed E-state index contributed by atoms with van der Waals surface area (Å²) in [5, 5.41) is 0. The van der Waals surface area contributed by atoms with Crippen LogP contribution < -0.4 is 0 Å². The van der Waals surface area contributed by atoms with E-state index in [1.807, 2.05) is 0 Å². The van der Waals surface area contributed by atoms with Gasteiger partial charge in [-0.2, -0.15) is 0 Å². The second-order valence-corrected chi connectivity index (χ2v) is 5.59. The molecule has 0 atom stereocenters. The van der Waals surface area contributed by atoms with E-state index in [1.54, 1.807) is 6.20 Å². The predicted molar refractivity (Wildman–Crippen MR) is 62.9 cm³/mol. The molecule has 15 heavy (non-hydrogen) atoms. The summed E-state index contributed by atoms with van der Waals surface area (Å²) in [5.41, 5.74) is 2.18. The molecule has 3 rings (SSSR count). The van der Waals surface area contributed by atoms with Crippen LogP contribution in [0.2, 0.25) is 0 Å². The fraction of sp³-hybridized carbons (Fsp3) is 0.455. The number of hydrogen-bond donors (Lipinski definition) is 0. The van der Waals surface area contributed by atoms with E-state index >= 15 is 0 Å². The Morgan fingerprint density at radius 3 is 3.07 bits per heavy atom. The average molecular weight is 266 g/mol. The molecule has 2 aromatic rings. The van der Waals surface area contributed by atoms with Crippen LogP contribution in [0.3, 0.4) is 0 Å². The first-order valence-corrected chi connectivity index (χ1v) is 5.90. The molecule has 2 aromatic heterocycles. The van der Waals surface area contributed by atoms with Crippen LogP contribution >= 0.6 is 15.9 Å². The van der Waals surface area contributed by atoms with E-state index in [4.69, 9.17) is 0 Å². The Balaban J connectivity index is 2.39. The molecular formula is C11H12BrN3. The second-order valence-electron chi connectivity index (χ2n) is 4.67. The summed E-state index contributed by atoms with van der Waals surface area (Å²) in [7, 11) is 0. The molecule has 0 bridgehead atoms. The van der Waals surface area contributed by atoms with Crippen molar-refractivity contribution in [2.45, 2.75) is 32.2 Å². The highest BCUT2D eigenvalue weighted by atomic mass is 79.9. The molecule has 0 radical (unpaired) electrons. The Labute approximate surface area is 96.7 Å². The van der Waals surface area contributed by atoms with Crippen molar-refractivity contribution in [2.24, 2.45) is 0 Å². The van der Waals surface area contributed by atoms with Gasteiger partial charge >= 0.3 is 0 Å². The second kappa shape index (κ2) is 2.82. The zero-order valence-corrected chi connectivity index (χ0v) is 10.4. The third kappa shape index (κ3) is 1.24. The lowest BCUT2D eigenvalue weighted by molar-refractivity contribution is 0.386. The number of imidazole rings is 1. The molecule has 3 nitrogen and oxygen atoms in total. The molecule has 3 heterocycles. The summed E-state index contributed by atoms with van der Waals surface area (Å²) in [4.78, 5) is 8.89. The molecule has 4 heteroatoms. The number of halogens is 1. The molecule has 0 amide bonds. The van der Waals surface area contributed by atoms with E-state index in [2.05, 4.69) is 50.4 Å². The lowest BCUT2D eigenvalue weighted by Gasteiger charge is -2.21. The molecular weight excluding hydrogens is 254 g/mol. The highest BCUT2D eigenvalue weighted by Crippen LogP contribution is 2.35. The summed E-state index contributed by atoms with van der Waals surface area (Å²) in [6.45, 7) is 4.51. The van der Waals surface area contributed by atoms with Gasteiger partial charge in [-0.25, -0.2) is 9.97 Å². The van der Waals surface area contributed by atoms with E-state index in [-0.39, 0.29) is 5.54 Å². The molecule has 0 spiro atoms. The topological polar surface area (TPSA) is 30.7 Å². The molecule has 0 unspecified atom stereocenters. The minimum atomic E-state index is 0.173. The monoisotopic (exact) mass is 265 g/mol. The van der Waals surface area contributed by atoms with E-state index in [9.17, 15) is 0 Å². The summed E-state index contributed by atoms with van der Waals surface area (Å²) >= 11 is 3.46. The number of nitrogens with zero attached hydrogens (tertiary/aromatic N) is 3. The van der Waals surface area contributed by atoms with Crippen molar-refractivity contribution in [1.29, 1.82) is 0 Å². The number of pyridine rings is 1. The highest BCUT2D eigenvalue weighted by molar-refractivity contribution is 9.10. The zero-order valence-electron chi connectivity index (χ0n) is 8.79. The smallest absolute Gasteiger partial charge is 0.177 e. The van der Waals surface area contributed by atoms with Gasteiger partial charge < -0.3 is 4.57 Å². The van der Waals surface area contributed by atoms with Crippen LogP contribution in [-0.2, 0) is 12.0 Å². The van der Waals surface area contributed by atoms with Crippen LogP contribution in [0.4, 0.5) is 0 Å². The van der Waals surface area contributed by atoms with Crippen LogP contribution in [0.5, 0.6) is 0 Å². The molecule has 0 saturated heterocycles. The summed E-state index contributed by atoms with van der Waals surface area (Å²) in [6.07, 6.45) is 4.02. The zero-order chi connectivity index (χ0) is 10.6. The van der Waals surface area contributed by atoms with Crippen LogP contribution in [0.1, 0.15) is 26.1 Å². The molecule has 0 N–H and O–H groups in total. The lowest BCUT2D eigenvalue weighted by Crippen LogP contribution is -2.20. The number of hydrogen-bond acceptors (Lipinski definition) is 2. The molecule has 78 valence electrons. The van der Waals surface area contributed by atoms with Gasteiger partial charge in [0.15, 0.2) is 5.65 Å². The number of aryl methyl sites for hydroxylation is 1. The third-order valence-electron chi connectivity index (χ3n) is 3.11. The van der Waals surface area contributed by atoms with Crippen LogP contribution in [-0.4, -0.2) is 14.5 Å². The lowest BCUT2D eigenvalue weighted by atomic mass is 10.0. The summed E-state index contributed by atoms with van der Waals surface area (Å²) in [6, 6.07) is 2.10. The number of fused-ring (bicyclic) bond motifs is 3. The van der Waals surface area contributed by atoms with Crippen LogP contribution in [0.15, 0.2) is 16.7 Å². The van der Waals surface area contributed by atoms with Gasteiger partial charge in [-0.05, 0) is 42.3 Å². The fourth-order valence-electron chi connectivity index (χ4n) is 2.36. The van der Waals surface area contributed by atoms with Crippen molar-refractivity contribution in [3.8, 4) is 0 Å². The predicted octanol–water partition coefficient (Wildman–Crippen LogP) is 2.88.